The first-order valence-corrected chi connectivity index (χ1v) is 13.0. The van der Waals surface area contributed by atoms with Crippen LogP contribution in [0.3, 0.4) is 0 Å². The minimum atomic E-state index is -1.12. The highest BCUT2D eigenvalue weighted by Gasteiger charge is 2.24. The third kappa shape index (κ3) is 5.90. The number of carboxylic acids is 1. The molecule has 1 aliphatic rings. The summed E-state index contributed by atoms with van der Waals surface area (Å²) in [5, 5.41) is 27.1. The van der Waals surface area contributed by atoms with Crippen LogP contribution < -0.4 is 10.6 Å². The molecule has 1 saturated carbocycles. The Morgan fingerprint density at radius 2 is 1.77 bits per heavy atom. The van der Waals surface area contributed by atoms with E-state index in [-0.39, 0.29) is 23.7 Å². The van der Waals surface area contributed by atoms with Gasteiger partial charge in [0.2, 0.25) is 0 Å². The highest BCUT2D eigenvalue weighted by Crippen LogP contribution is 2.32. The summed E-state index contributed by atoms with van der Waals surface area (Å²) < 4.78 is 1.86. The molecule has 0 spiro atoms. The summed E-state index contributed by atoms with van der Waals surface area (Å²) in [5.41, 5.74) is 2.92. The van der Waals surface area contributed by atoms with Crippen LogP contribution >= 0.6 is 0 Å². The molecule has 1 aliphatic carbocycles. The lowest BCUT2D eigenvalue weighted by atomic mass is 9.95. The molecule has 1 amide bonds. The van der Waals surface area contributed by atoms with E-state index in [0.717, 1.165) is 37.1 Å². The molecule has 0 radical (unpaired) electrons. The smallest absolute Gasteiger partial charge is 0.326 e. The van der Waals surface area contributed by atoms with Crippen molar-refractivity contribution in [2.24, 2.45) is 0 Å². The van der Waals surface area contributed by atoms with Gasteiger partial charge in [-0.1, -0.05) is 49.6 Å². The average Bonchev–Trinajstić information content (AvgIpc) is 3.31. The van der Waals surface area contributed by atoms with Crippen LogP contribution in [0.15, 0.2) is 72.9 Å². The topological polar surface area (TPSA) is 139 Å². The van der Waals surface area contributed by atoms with E-state index in [9.17, 15) is 24.8 Å². The zero-order chi connectivity index (χ0) is 27.4. The molecule has 5 rings (SSSR count). The number of nitro groups is 1. The number of rotatable bonds is 9. The van der Waals surface area contributed by atoms with Crippen molar-refractivity contribution in [3.05, 3.63) is 94.2 Å². The predicted molar refractivity (Wildman–Crippen MR) is 147 cm³/mol. The molecule has 3 N–H and O–H groups in total. The number of aliphatic carboxylic acids is 1. The Bertz CT molecular complexity index is 1490. The molecule has 2 aromatic carbocycles. The van der Waals surface area contributed by atoms with Crippen molar-refractivity contribution in [3.8, 4) is 11.3 Å². The number of carbonyl (C=O) groups excluding carboxylic acids is 1. The Labute approximate surface area is 224 Å². The van der Waals surface area contributed by atoms with E-state index in [0.29, 0.717) is 16.9 Å². The van der Waals surface area contributed by atoms with Gasteiger partial charge in [-0.2, -0.15) is 0 Å². The van der Waals surface area contributed by atoms with Gasteiger partial charge in [-0.25, -0.2) is 9.78 Å². The minimum absolute atomic E-state index is 0.00764. The molecule has 4 aromatic rings. The molecule has 10 heteroatoms. The molecule has 0 saturated heterocycles. The van der Waals surface area contributed by atoms with Gasteiger partial charge in [-0.05, 0) is 42.7 Å². The maximum absolute atomic E-state index is 13.1. The van der Waals surface area contributed by atoms with Crippen LogP contribution in [-0.2, 0) is 11.2 Å². The van der Waals surface area contributed by atoms with Gasteiger partial charge in [-0.3, -0.25) is 19.3 Å². The van der Waals surface area contributed by atoms with E-state index in [4.69, 9.17) is 4.98 Å². The molecular weight excluding hydrogens is 498 g/mol. The molecule has 1 atom stereocenters. The number of non-ortho nitro benzene ring substituents is 1. The monoisotopic (exact) mass is 527 g/mol. The lowest BCUT2D eigenvalue weighted by Gasteiger charge is -2.24. The van der Waals surface area contributed by atoms with Gasteiger partial charge in [0.15, 0.2) is 0 Å². The Kier molecular flexibility index (Phi) is 7.53. The molecule has 2 aromatic heterocycles. The Balaban J connectivity index is 1.46. The summed E-state index contributed by atoms with van der Waals surface area (Å²) in [7, 11) is 0. The van der Waals surface area contributed by atoms with Gasteiger partial charge in [0.1, 0.15) is 23.2 Å². The average molecular weight is 528 g/mol. The summed E-state index contributed by atoms with van der Waals surface area (Å²) in [5.74, 6) is -0.874. The van der Waals surface area contributed by atoms with Crippen LogP contribution in [0, 0.1) is 10.1 Å². The number of fused-ring (bicyclic) bond motifs is 1. The predicted octanol–water partition coefficient (Wildman–Crippen LogP) is 5.08. The summed E-state index contributed by atoms with van der Waals surface area (Å²) in [4.78, 5) is 40.4. The minimum Gasteiger partial charge on any atom is -0.480 e. The zero-order valence-corrected chi connectivity index (χ0v) is 21.2. The number of anilines is 1. The maximum atomic E-state index is 13.1. The second kappa shape index (κ2) is 11.3. The third-order valence-corrected chi connectivity index (χ3v) is 7.07. The Morgan fingerprint density at radius 1 is 1.05 bits per heavy atom. The van der Waals surface area contributed by atoms with Gasteiger partial charge < -0.3 is 15.7 Å². The van der Waals surface area contributed by atoms with Crippen molar-refractivity contribution in [2.75, 3.05) is 5.32 Å². The number of carbonyl (C=O) groups is 2. The van der Waals surface area contributed by atoms with Gasteiger partial charge in [0.25, 0.3) is 11.6 Å². The van der Waals surface area contributed by atoms with Crippen molar-refractivity contribution in [1.82, 2.24) is 14.7 Å². The van der Waals surface area contributed by atoms with Crippen LogP contribution in [0.4, 0.5) is 11.5 Å². The number of aromatic nitrogens is 2. The van der Waals surface area contributed by atoms with Crippen molar-refractivity contribution in [3.63, 3.8) is 0 Å². The molecule has 1 unspecified atom stereocenters. The van der Waals surface area contributed by atoms with E-state index in [1.165, 1.54) is 18.6 Å². The number of hydrogen-bond donors (Lipinski definition) is 3. The molecule has 0 aliphatic heterocycles. The van der Waals surface area contributed by atoms with Crippen LogP contribution in [0.25, 0.3) is 16.9 Å². The summed E-state index contributed by atoms with van der Waals surface area (Å²) >= 11 is 0. The number of nitrogens with zero attached hydrogens (tertiary/aromatic N) is 3. The van der Waals surface area contributed by atoms with Crippen molar-refractivity contribution < 1.29 is 19.6 Å². The highest BCUT2D eigenvalue weighted by molar-refractivity contribution is 5.97. The fourth-order valence-electron chi connectivity index (χ4n) is 5.00. The van der Waals surface area contributed by atoms with Gasteiger partial charge in [0, 0.05) is 41.9 Å². The zero-order valence-electron chi connectivity index (χ0n) is 21.2. The number of imidazole rings is 1. The van der Waals surface area contributed by atoms with Gasteiger partial charge >= 0.3 is 5.97 Å². The van der Waals surface area contributed by atoms with Crippen LogP contribution in [0.2, 0.25) is 0 Å². The fraction of sp³-hybridized carbons (Fsp3) is 0.276. The quantitative estimate of drug-likeness (QED) is 0.204. The Hall–Kier alpha value is -4.73. The first-order valence-electron chi connectivity index (χ1n) is 13.0. The Morgan fingerprint density at radius 3 is 2.44 bits per heavy atom. The second-order valence-electron chi connectivity index (χ2n) is 9.79. The third-order valence-electron chi connectivity index (χ3n) is 7.07. The van der Waals surface area contributed by atoms with E-state index >= 15 is 0 Å². The first-order chi connectivity index (χ1) is 18.9. The number of amides is 1. The van der Waals surface area contributed by atoms with Crippen molar-refractivity contribution in [2.45, 2.75) is 50.6 Å². The summed E-state index contributed by atoms with van der Waals surface area (Å²) in [6.07, 6.45) is 7.45. The van der Waals surface area contributed by atoms with E-state index in [2.05, 4.69) is 10.6 Å². The molecular formula is C29H29N5O5. The van der Waals surface area contributed by atoms with Crippen molar-refractivity contribution >= 4 is 29.0 Å². The van der Waals surface area contributed by atoms with E-state index < -0.39 is 22.8 Å². The standard InChI is InChI=1S/C29H29N5O5/c35-28(31-24(29(36)37)17-19-7-3-1-4-8-19)21-15-16-33-25(18-21)32-26(20-11-13-23(14-12-20)34(38)39)27(33)30-22-9-5-2-6-10-22/h1,3-4,7-8,11-16,18,22,24,30H,2,5-6,9-10,17H2,(H,31,35)(H,36,37). The van der Waals surface area contributed by atoms with Crippen molar-refractivity contribution in [1.29, 1.82) is 0 Å². The number of nitro benzene ring substituents is 1. The molecule has 10 nitrogen and oxygen atoms in total. The lowest BCUT2D eigenvalue weighted by Crippen LogP contribution is -2.42. The molecule has 0 bridgehead atoms. The fourth-order valence-corrected chi connectivity index (χ4v) is 5.00. The van der Waals surface area contributed by atoms with Gasteiger partial charge in [0.05, 0.1) is 4.92 Å². The first kappa shape index (κ1) is 25.9. The molecule has 200 valence electrons. The molecule has 2 heterocycles. The van der Waals surface area contributed by atoms with Gasteiger partial charge in [-0.15, -0.1) is 0 Å². The number of pyridine rings is 1. The second-order valence-corrected chi connectivity index (χ2v) is 9.79. The summed E-state index contributed by atoms with van der Waals surface area (Å²) in [6, 6.07) is 17.8. The normalized spacial score (nSPS) is 14.6. The van der Waals surface area contributed by atoms with E-state index in [1.54, 1.807) is 30.5 Å². The van der Waals surface area contributed by atoms with Crippen LogP contribution in [0.1, 0.15) is 48.0 Å². The largest absolute Gasteiger partial charge is 0.480 e. The number of carboxylic acid groups (broad SMARTS) is 1. The summed E-state index contributed by atoms with van der Waals surface area (Å²) in [6.45, 7) is 0. The number of nitrogens with one attached hydrogen (secondary N) is 2. The molecule has 39 heavy (non-hydrogen) atoms. The van der Waals surface area contributed by atoms with Crippen LogP contribution in [-0.4, -0.2) is 43.4 Å². The SMILES string of the molecule is O=C(NC(Cc1ccccc1)C(=O)O)c1ccn2c(NC3CCCCC3)c(-c3ccc([N+](=O)[O-])cc3)nc2c1. The maximum Gasteiger partial charge on any atom is 0.326 e. The number of benzene rings is 2. The molecule has 1 fully saturated rings. The van der Waals surface area contributed by atoms with Crippen LogP contribution in [0.5, 0.6) is 0 Å². The highest BCUT2D eigenvalue weighted by atomic mass is 16.6. The van der Waals surface area contributed by atoms with E-state index in [1.807, 2.05) is 34.7 Å². The lowest BCUT2D eigenvalue weighted by molar-refractivity contribution is -0.384. The number of hydrogen-bond acceptors (Lipinski definition) is 6.